The summed E-state index contributed by atoms with van der Waals surface area (Å²) >= 11 is 0. The minimum atomic E-state index is -1.09. The van der Waals surface area contributed by atoms with Crippen molar-refractivity contribution in [3.8, 4) is 0 Å². The molecule has 1 rings (SSSR count). The molecule has 0 fully saturated rings. The molecule has 0 saturated carbocycles. The van der Waals surface area contributed by atoms with Crippen molar-refractivity contribution >= 4 is 11.9 Å². The van der Waals surface area contributed by atoms with Crippen LogP contribution in [0.25, 0.3) is 0 Å². The molecular formula is C9H14N2O4. The Morgan fingerprint density at radius 2 is 2.20 bits per heavy atom. The van der Waals surface area contributed by atoms with Gasteiger partial charge in [-0.1, -0.05) is 6.08 Å². The summed E-state index contributed by atoms with van der Waals surface area (Å²) in [5.74, 6) is -1.40. The zero-order valence-electron chi connectivity index (χ0n) is 8.30. The number of hydrogen-bond donors (Lipinski definition) is 4. The van der Waals surface area contributed by atoms with E-state index in [1.165, 1.54) is 13.0 Å². The fraction of sp³-hybridized carbons (Fsp3) is 0.556. The summed E-state index contributed by atoms with van der Waals surface area (Å²) in [5.41, 5.74) is 5.71. The van der Waals surface area contributed by atoms with E-state index in [-0.39, 0.29) is 17.9 Å². The molecule has 0 spiro atoms. The number of aliphatic hydroxyl groups is 1. The van der Waals surface area contributed by atoms with Crippen LogP contribution in [-0.4, -0.2) is 40.3 Å². The molecule has 1 amide bonds. The minimum Gasteiger partial charge on any atom is -0.478 e. The number of carbonyl (C=O) groups is 2. The van der Waals surface area contributed by atoms with E-state index in [0.717, 1.165) is 0 Å². The van der Waals surface area contributed by atoms with E-state index >= 15 is 0 Å². The van der Waals surface area contributed by atoms with E-state index in [9.17, 15) is 14.7 Å². The zero-order valence-corrected chi connectivity index (χ0v) is 8.30. The highest BCUT2D eigenvalue weighted by atomic mass is 16.4. The van der Waals surface area contributed by atoms with Gasteiger partial charge in [0.25, 0.3) is 0 Å². The summed E-state index contributed by atoms with van der Waals surface area (Å²) in [6.07, 6.45) is 0.393. The van der Waals surface area contributed by atoms with Crippen molar-refractivity contribution in [2.24, 2.45) is 5.73 Å². The fourth-order valence-electron chi connectivity index (χ4n) is 1.60. The van der Waals surface area contributed by atoms with Crippen LogP contribution in [0.1, 0.15) is 13.3 Å². The molecule has 0 aromatic rings. The van der Waals surface area contributed by atoms with E-state index in [1.807, 2.05) is 0 Å². The number of carboxylic acid groups (broad SMARTS) is 1. The molecular weight excluding hydrogens is 200 g/mol. The van der Waals surface area contributed by atoms with E-state index in [2.05, 4.69) is 5.32 Å². The molecule has 0 bridgehead atoms. The average molecular weight is 214 g/mol. The Labute approximate surface area is 86.8 Å². The molecule has 0 unspecified atom stereocenters. The molecule has 3 atom stereocenters. The highest BCUT2D eigenvalue weighted by Gasteiger charge is 2.32. The van der Waals surface area contributed by atoms with Gasteiger partial charge in [-0.2, -0.15) is 0 Å². The maximum absolute atomic E-state index is 10.8. The van der Waals surface area contributed by atoms with Gasteiger partial charge in [-0.3, -0.25) is 4.79 Å². The lowest BCUT2D eigenvalue weighted by Crippen LogP contribution is -2.55. The third kappa shape index (κ3) is 2.77. The first-order chi connectivity index (χ1) is 6.91. The summed E-state index contributed by atoms with van der Waals surface area (Å²) in [4.78, 5) is 21.5. The number of nitrogens with one attached hydrogen (secondary N) is 1. The van der Waals surface area contributed by atoms with Crippen molar-refractivity contribution in [2.75, 3.05) is 0 Å². The standard InChI is InChI=1S/C9H14N2O4/c1-4(12)11-8-6(10)2-5(9(14)15)3-7(8)13/h2,6-8,13H,3,10H2,1H3,(H,11,12)(H,14,15)/t6-,7+,8+/m0/s1. The first-order valence-electron chi connectivity index (χ1n) is 4.56. The highest BCUT2D eigenvalue weighted by molar-refractivity contribution is 5.87. The van der Waals surface area contributed by atoms with Crippen LogP contribution in [-0.2, 0) is 9.59 Å². The summed E-state index contributed by atoms with van der Waals surface area (Å²) in [6, 6.07) is -1.30. The van der Waals surface area contributed by atoms with Crippen molar-refractivity contribution in [3.05, 3.63) is 11.6 Å². The number of aliphatic carboxylic acids is 1. The summed E-state index contributed by atoms with van der Waals surface area (Å²) < 4.78 is 0. The van der Waals surface area contributed by atoms with Gasteiger partial charge in [0.15, 0.2) is 0 Å². The Morgan fingerprint density at radius 1 is 1.60 bits per heavy atom. The number of amides is 1. The first kappa shape index (κ1) is 11.7. The van der Waals surface area contributed by atoms with Crippen LogP contribution >= 0.6 is 0 Å². The molecule has 5 N–H and O–H groups in total. The topological polar surface area (TPSA) is 113 Å². The normalized spacial score (nSPS) is 30.6. The van der Waals surface area contributed by atoms with Crippen LogP contribution in [0, 0.1) is 0 Å². The van der Waals surface area contributed by atoms with Gasteiger partial charge in [0.2, 0.25) is 5.91 Å². The number of nitrogens with two attached hydrogens (primary N) is 1. The van der Waals surface area contributed by atoms with E-state index in [1.54, 1.807) is 0 Å². The molecule has 1 aliphatic carbocycles. The van der Waals surface area contributed by atoms with Gasteiger partial charge in [-0.05, 0) is 0 Å². The number of aliphatic hydroxyl groups excluding tert-OH is 1. The summed E-state index contributed by atoms with van der Waals surface area (Å²) in [6.45, 7) is 1.32. The lowest BCUT2D eigenvalue weighted by Gasteiger charge is -2.31. The second kappa shape index (κ2) is 4.41. The van der Waals surface area contributed by atoms with Crippen LogP contribution in [0.4, 0.5) is 0 Å². The third-order valence-electron chi connectivity index (χ3n) is 2.30. The van der Waals surface area contributed by atoms with Gasteiger partial charge < -0.3 is 21.3 Å². The van der Waals surface area contributed by atoms with Gasteiger partial charge in [-0.15, -0.1) is 0 Å². The molecule has 15 heavy (non-hydrogen) atoms. The Bertz CT molecular complexity index is 313. The lowest BCUT2D eigenvalue weighted by molar-refractivity contribution is -0.133. The predicted octanol–water partition coefficient (Wildman–Crippen LogP) is -1.41. The molecule has 0 aromatic carbocycles. The minimum absolute atomic E-state index is 0.00597. The van der Waals surface area contributed by atoms with Gasteiger partial charge in [-0.25, -0.2) is 4.79 Å². The lowest BCUT2D eigenvalue weighted by atomic mass is 9.89. The van der Waals surface area contributed by atoms with Crippen molar-refractivity contribution in [1.82, 2.24) is 5.32 Å². The molecule has 0 radical (unpaired) electrons. The maximum Gasteiger partial charge on any atom is 0.331 e. The smallest absolute Gasteiger partial charge is 0.331 e. The van der Waals surface area contributed by atoms with E-state index in [0.29, 0.717) is 0 Å². The van der Waals surface area contributed by atoms with Crippen molar-refractivity contribution in [2.45, 2.75) is 31.5 Å². The Hall–Kier alpha value is -1.40. The molecule has 84 valence electrons. The van der Waals surface area contributed by atoms with E-state index < -0.39 is 24.2 Å². The summed E-state index contributed by atoms with van der Waals surface area (Å²) in [7, 11) is 0. The van der Waals surface area contributed by atoms with Crippen LogP contribution < -0.4 is 11.1 Å². The monoisotopic (exact) mass is 214 g/mol. The van der Waals surface area contributed by atoms with Crippen molar-refractivity contribution < 1.29 is 19.8 Å². The van der Waals surface area contributed by atoms with Crippen LogP contribution in [0.2, 0.25) is 0 Å². The van der Waals surface area contributed by atoms with Crippen molar-refractivity contribution in [3.63, 3.8) is 0 Å². The first-order valence-corrected chi connectivity index (χ1v) is 4.56. The van der Waals surface area contributed by atoms with Crippen LogP contribution in [0.15, 0.2) is 11.6 Å². The van der Waals surface area contributed by atoms with Crippen LogP contribution in [0.5, 0.6) is 0 Å². The Kier molecular flexibility index (Phi) is 3.43. The molecule has 0 saturated heterocycles. The highest BCUT2D eigenvalue weighted by Crippen LogP contribution is 2.18. The second-order valence-electron chi connectivity index (χ2n) is 3.57. The summed E-state index contributed by atoms with van der Waals surface area (Å²) in [5, 5.41) is 20.8. The molecule has 0 heterocycles. The largest absolute Gasteiger partial charge is 0.478 e. The van der Waals surface area contributed by atoms with Gasteiger partial charge in [0.05, 0.1) is 12.1 Å². The molecule has 0 aromatic heterocycles. The zero-order chi connectivity index (χ0) is 11.6. The predicted molar refractivity (Wildman–Crippen MR) is 51.9 cm³/mol. The number of carbonyl (C=O) groups excluding carboxylic acids is 1. The van der Waals surface area contributed by atoms with Gasteiger partial charge >= 0.3 is 5.97 Å². The third-order valence-corrected chi connectivity index (χ3v) is 2.30. The van der Waals surface area contributed by atoms with Gasteiger partial charge in [0, 0.05) is 25.0 Å². The van der Waals surface area contributed by atoms with Gasteiger partial charge in [0.1, 0.15) is 0 Å². The van der Waals surface area contributed by atoms with Crippen molar-refractivity contribution in [1.29, 1.82) is 0 Å². The molecule has 6 heteroatoms. The maximum atomic E-state index is 10.8. The van der Waals surface area contributed by atoms with Crippen LogP contribution in [0.3, 0.4) is 0 Å². The molecule has 0 aliphatic heterocycles. The number of carboxylic acids is 1. The average Bonchev–Trinajstić information content (AvgIpc) is 2.10. The number of hydrogen-bond acceptors (Lipinski definition) is 4. The molecule has 1 aliphatic rings. The molecule has 6 nitrogen and oxygen atoms in total. The SMILES string of the molecule is CC(=O)N[C@H]1[C@H](O)CC(C(=O)O)=C[C@@H]1N. The Morgan fingerprint density at radius 3 is 2.60 bits per heavy atom. The fourth-order valence-corrected chi connectivity index (χ4v) is 1.60. The second-order valence-corrected chi connectivity index (χ2v) is 3.57. The Balaban J connectivity index is 2.80. The van der Waals surface area contributed by atoms with E-state index in [4.69, 9.17) is 10.8 Å². The quantitative estimate of drug-likeness (QED) is 0.451. The number of rotatable bonds is 2.